The molecule has 0 unspecified atom stereocenters. The number of hydrogen-bond donors (Lipinski definition) is 3. The third-order valence-corrected chi connectivity index (χ3v) is 3.36. The maximum atomic E-state index is 5.30. The number of aromatic nitrogens is 3. The highest BCUT2D eigenvalue weighted by Gasteiger charge is 2.05. The van der Waals surface area contributed by atoms with E-state index in [1.807, 2.05) is 32.0 Å². The van der Waals surface area contributed by atoms with Crippen molar-refractivity contribution < 1.29 is 4.74 Å². The number of nitrogens with zero attached hydrogens (tertiary/aromatic N) is 4. The van der Waals surface area contributed by atoms with Gasteiger partial charge >= 0.3 is 0 Å². The molecule has 3 N–H and O–H groups in total. The number of hydrogen-bond acceptors (Lipinski definition) is 8. The monoisotopic (exact) mass is 393 g/mol. The van der Waals surface area contributed by atoms with Crippen molar-refractivity contribution in [2.24, 2.45) is 5.10 Å². The van der Waals surface area contributed by atoms with E-state index < -0.39 is 0 Å². The molecule has 2 rings (SSSR count). The highest BCUT2D eigenvalue weighted by molar-refractivity contribution is 9.10. The molecule has 128 valence electrons. The van der Waals surface area contributed by atoms with Gasteiger partial charge in [-0.1, -0.05) is 15.9 Å². The number of nitrogens with one attached hydrogen (secondary N) is 3. The minimum atomic E-state index is 0.349. The quantitative estimate of drug-likeness (QED) is 0.468. The first-order valence-electron chi connectivity index (χ1n) is 7.52. The topological polar surface area (TPSA) is 96.4 Å². The Labute approximate surface area is 149 Å². The van der Waals surface area contributed by atoms with Crippen LogP contribution in [0.3, 0.4) is 0 Å². The predicted molar refractivity (Wildman–Crippen MR) is 100 cm³/mol. The highest BCUT2D eigenvalue weighted by Crippen LogP contribution is 2.21. The van der Waals surface area contributed by atoms with Crippen molar-refractivity contribution in [1.29, 1.82) is 0 Å². The average Bonchev–Trinajstić information content (AvgIpc) is 2.55. The SMILES string of the molecule is CCNc1nc(NCC)nc(N/N=C/c2cc(Br)ccc2OC)n1. The molecular formula is C15H20BrN7O. The van der Waals surface area contributed by atoms with Gasteiger partial charge in [-0.25, -0.2) is 5.43 Å². The van der Waals surface area contributed by atoms with Crippen molar-refractivity contribution in [3.8, 4) is 5.75 Å². The van der Waals surface area contributed by atoms with Crippen molar-refractivity contribution in [3.05, 3.63) is 28.2 Å². The first kappa shape index (κ1) is 17.9. The second-order valence-corrected chi connectivity index (χ2v) is 5.54. The molecule has 0 fully saturated rings. The molecule has 0 radical (unpaired) electrons. The van der Waals surface area contributed by atoms with Crippen molar-refractivity contribution in [2.45, 2.75) is 13.8 Å². The van der Waals surface area contributed by atoms with Crippen LogP contribution in [-0.4, -0.2) is 41.4 Å². The lowest BCUT2D eigenvalue weighted by Gasteiger charge is -2.08. The molecule has 9 heteroatoms. The second kappa shape index (κ2) is 9.02. The molecule has 0 aliphatic heterocycles. The zero-order chi connectivity index (χ0) is 17.4. The van der Waals surface area contributed by atoms with Gasteiger partial charge in [0.25, 0.3) is 0 Å². The van der Waals surface area contributed by atoms with E-state index in [9.17, 15) is 0 Å². The minimum absolute atomic E-state index is 0.349. The van der Waals surface area contributed by atoms with Crippen LogP contribution < -0.4 is 20.8 Å². The Balaban J connectivity index is 2.17. The Morgan fingerprint density at radius 1 is 1.08 bits per heavy atom. The summed E-state index contributed by atoms with van der Waals surface area (Å²) in [6.45, 7) is 5.38. The molecule has 0 atom stereocenters. The van der Waals surface area contributed by atoms with E-state index in [0.717, 1.165) is 15.8 Å². The largest absolute Gasteiger partial charge is 0.496 e. The van der Waals surface area contributed by atoms with Crippen molar-refractivity contribution in [2.75, 3.05) is 36.3 Å². The maximum absolute atomic E-state index is 5.30. The fourth-order valence-electron chi connectivity index (χ4n) is 1.87. The van der Waals surface area contributed by atoms with Gasteiger partial charge in [0, 0.05) is 23.1 Å². The number of rotatable bonds is 8. The van der Waals surface area contributed by atoms with Crippen LogP contribution in [0, 0.1) is 0 Å². The van der Waals surface area contributed by atoms with Crippen LogP contribution in [0.2, 0.25) is 0 Å². The third kappa shape index (κ3) is 5.05. The van der Waals surface area contributed by atoms with Crippen LogP contribution in [-0.2, 0) is 0 Å². The molecule has 24 heavy (non-hydrogen) atoms. The normalized spacial score (nSPS) is 10.7. The lowest BCUT2D eigenvalue weighted by Crippen LogP contribution is -2.10. The van der Waals surface area contributed by atoms with E-state index in [-0.39, 0.29) is 0 Å². The van der Waals surface area contributed by atoms with Crippen LogP contribution in [0.5, 0.6) is 5.75 Å². The van der Waals surface area contributed by atoms with E-state index in [1.165, 1.54) is 0 Å². The summed E-state index contributed by atoms with van der Waals surface area (Å²) in [5, 5.41) is 10.3. The number of methoxy groups -OCH3 is 1. The average molecular weight is 394 g/mol. The molecular weight excluding hydrogens is 374 g/mol. The van der Waals surface area contributed by atoms with Crippen LogP contribution >= 0.6 is 15.9 Å². The van der Waals surface area contributed by atoms with Crippen LogP contribution in [0.15, 0.2) is 27.8 Å². The summed E-state index contributed by atoms with van der Waals surface area (Å²) < 4.78 is 6.24. The molecule has 1 aromatic carbocycles. The Bertz CT molecular complexity index is 684. The number of benzene rings is 1. The number of hydrazone groups is 1. The molecule has 0 aliphatic carbocycles. The molecule has 8 nitrogen and oxygen atoms in total. The molecule has 0 saturated heterocycles. The Hall–Kier alpha value is -2.42. The first-order chi connectivity index (χ1) is 11.7. The lowest BCUT2D eigenvalue weighted by atomic mass is 10.2. The Morgan fingerprint density at radius 3 is 2.29 bits per heavy atom. The van der Waals surface area contributed by atoms with Gasteiger partial charge in [0.2, 0.25) is 17.8 Å². The van der Waals surface area contributed by atoms with Crippen LogP contribution in [0.25, 0.3) is 0 Å². The van der Waals surface area contributed by atoms with E-state index in [0.29, 0.717) is 30.9 Å². The van der Waals surface area contributed by atoms with Gasteiger partial charge in [-0.05, 0) is 32.0 Å². The molecule has 2 aromatic rings. The number of ether oxygens (including phenoxy) is 1. The fourth-order valence-corrected chi connectivity index (χ4v) is 2.24. The van der Waals surface area contributed by atoms with Gasteiger partial charge < -0.3 is 15.4 Å². The van der Waals surface area contributed by atoms with E-state index in [4.69, 9.17) is 4.74 Å². The van der Waals surface area contributed by atoms with Crippen molar-refractivity contribution in [1.82, 2.24) is 15.0 Å². The molecule has 1 aromatic heterocycles. The van der Waals surface area contributed by atoms with Gasteiger partial charge in [-0.15, -0.1) is 0 Å². The highest BCUT2D eigenvalue weighted by atomic mass is 79.9. The Kier molecular flexibility index (Phi) is 6.74. The summed E-state index contributed by atoms with van der Waals surface area (Å²) in [6.07, 6.45) is 1.65. The lowest BCUT2D eigenvalue weighted by molar-refractivity contribution is 0.414. The molecule has 0 saturated carbocycles. The van der Waals surface area contributed by atoms with E-state index >= 15 is 0 Å². The van der Waals surface area contributed by atoms with Crippen LogP contribution in [0.4, 0.5) is 17.8 Å². The van der Waals surface area contributed by atoms with Gasteiger partial charge in [0.05, 0.1) is 13.3 Å². The maximum Gasteiger partial charge on any atom is 0.250 e. The smallest absolute Gasteiger partial charge is 0.250 e. The van der Waals surface area contributed by atoms with Gasteiger partial charge in [0.1, 0.15) is 5.75 Å². The summed E-state index contributed by atoms with van der Waals surface area (Å²) >= 11 is 3.43. The summed E-state index contributed by atoms with van der Waals surface area (Å²) in [5.74, 6) is 2.05. The van der Waals surface area contributed by atoms with Crippen LogP contribution in [0.1, 0.15) is 19.4 Å². The molecule has 0 amide bonds. The molecule has 0 bridgehead atoms. The van der Waals surface area contributed by atoms with E-state index in [2.05, 4.69) is 52.0 Å². The van der Waals surface area contributed by atoms with Crippen molar-refractivity contribution >= 4 is 40.0 Å². The second-order valence-electron chi connectivity index (χ2n) is 4.62. The van der Waals surface area contributed by atoms with Gasteiger partial charge in [-0.3, -0.25) is 0 Å². The summed E-state index contributed by atoms with van der Waals surface area (Å²) in [4.78, 5) is 12.8. The first-order valence-corrected chi connectivity index (χ1v) is 8.32. The summed E-state index contributed by atoms with van der Waals surface area (Å²) in [5.41, 5.74) is 3.64. The third-order valence-electron chi connectivity index (χ3n) is 2.87. The zero-order valence-electron chi connectivity index (χ0n) is 13.8. The molecule has 0 spiro atoms. The predicted octanol–water partition coefficient (Wildman–Crippen LogP) is 2.95. The summed E-state index contributed by atoms with van der Waals surface area (Å²) in [7, 11) is 1.62. The molecule has 1 heterocycles. The summed E-state index contributed by atoms with van der Waals surface area (Å²) in [6, 6.07) is 5.67. The number of halogens is 1. The van der Waals surface area contributed by atoms with Gasteiger partial charge in [0.15, 0.2) is 0 Å². The van der Waals surface area contributed by atoms with Gasteiger partial charge in [-0.2, -0.15) is 20.1 Å². The number of anilines is 3. The van der Waals surface area contributed by atoms with E-state index in [1.54, 1.807) is 13.3 Å². The zero-order valence-corrected chi connectivity index (χ0v) is 15.4. The molecule has 0 aliphatic rings. The Morgan fingerprint density at radius 2 is 1.71 bits per heavy atom. The standard InChI is InChI=1S/C15H20BrN7O/c1-4-17-13-20-14(18-5-2)22-15(21-13)23-19-9-10-8-11(16)6-7-12(10)24-3/h6-9H,4-5H2,1-3H3,(H3,17,18,20,21,22,23)/b19-9+. The van der Waals surface area contributed by atoms with Crippen molar-refractivity contribution in [3.63, 3.8) is 0 Å². The minimum Gasteiger partial charge on any atom is -0.496 e. The fraction of sp³-hybridized carbons (Fsp3) is 0.333.